The van der Waals surface area contributed by atoms with E-state index in [1.165, 1.54) is 6.26 Å². The van der Waals surface area contributed by atoms with E-state index >= 15 is 0 Å². The number of anilines is 1. The Balaban J connectivity index is 0.000000293. The largest absolute Gasteiger partial charge is 0.515 e. The fourth-order valence-corrected chi connectivity index (χ4v) is 3.99. The van der Waals surface area contributed by atoms with Crippen LogP contribution in [0.1, 0.15) is 15.9 Å². The number of hydrogen-bond donors (Lipinski definition) is 0. The normalized spacial score (nSPS) is 12.4. The zero-order chi connectivity index (χ0) is 28.8. The maximum absolute atomic E-state index is 12.5. The molecule has 3 aromatic carbocycles. The Morgan fingerprint density at radius 2 is 1.29 bits per heavy atom. The van der Waals surface area contributed by atoms with E-state index in [0.29, 0.717) is 5.56 Å². The van der Waals surface area contributed by atoms with Crippen LogP contribution in [0.25, 0.3) is 0 Å². The van der Waals surface area contributed by atoms with Gasteiger partial charge in [0.05, 0.1) is 0 Å². The van der Waals surface area contributed by atoms with E-state index in [1.54, 1.807) is 12.1 Å². The molecule has 0 saturated heterocycles. The first-order chi connectivity index (χ1) is 17.5. The highest BCUT2D eigenvalue weighted by atomic mass is 32.2. The van der Waals surface area contributed by atoms with Crippen LogP contribution in [0, 0.1) is 40.3 Å². The van der Waals surface area contributed by atoms with Crippen LogP contribution < -0.4 is 10.4 Å². The number of carbonyl (C=O) groups is 1. The van der Waals surface area contributed by atoms with Gasteiger partial charge in [-0.25, -0.2) is 22.0 Å². The predicted octanol–water partition coefficient (Wildman–Crippen LogP) is 5.51. The summed E-state index contributed by atoms with van der Waals surface area (Å²) in [7, 11) is 1.35. The van der Waals surface area contributed by atoms with Gasteiger partial charge in [0.2, 0.25) is 5.78 Å². The molecule has 0 heterocycles. The smallest absolute Gasteiger partial charge is 0.445 e. The lowest BCUT2D eigenvalue weighted by Crippen LogP contribution is -2.41. The fraction of sp³-hybridized carbons (Fsp3) is 0.160. The van der Waals surface area contributed by atoms with Gasteiger partial charge in [0.1, 0.15) is 17.9 Å². The summed E-state index contributed by atoms with van der Waals surface area (Å²) in [5.74, 6) is -10.9. The van der Waals surface area contributed by atoms with Crippen molar-refractivity contribution in [1.29, 1.82) is 0 Å². The zero-order valence-electron chi connectivity index (χ0n) is 20.2. The highest BCUT2D eigenvalue weighted by Gasteiger charge is 2.37. The van der Waals surface area contributed by atoms with Gasteiger partial charge < -0.3 is 17.8 Å². The van der Waals surface area contributed by atoms with Crippen molar-refractivity contribution >= 4 is 33.8 Å². The molecule has 13 heteroatoms. The SMILES string of the molecule is CN(C)c1ccc(C(=O)C[S+](C)(=O)C#Cc2ccccc2)cc1.Fc1c(F)c(F)c([B-](F)(F)F)c(F)c1F. The van der Waals surface area contributed by atoms with Crippen LogP contribution in [0.4, 0.5) is 40.6 Å². The topological polar surface area (TPSA) is 37.4 Å². The molecular formula is C25H20BF8NO2S. The Morgan fingerprint density at radius 1 is 0.816 bits per heavy atom. The third-order valence-electron chi connectivity index (χ3n) is 4.87. The van der Waals surface area contributed by atoms with E-state index in [2.05, 4.69) is 11.2 Å². The van der Waals surface area contributed by atoms with Crippen molar-refractivity contribution in [1.82, 2.24) is 0 Å². The molecule has 0 amide bonds. The number of hydrogen-bond acceptors (Lipinski definition) is 3. The van der Waals surface area contributed by atoms with E-state index in [4.69, 9.17) is 0 Å². The molecule has 1 atom stereocenters. The molecular weight excluding hydrogens is 541 g/mol. The minimum Gasteiger partial charge on any atom is -0.445 e. The minimum absolute atomic E-state index is 0.0614. The second-order valence-electron chi connectivity index (χ2n) is 8.17. The summed E-state index contributed by atoms with van der Waals surface area (Å²) in [5, 5.41) is 2.75. The summed E-state index contributed by atoms with van der Waals surface area (Å²) in [6, 6.07) is 16.6. The van der Waals surface area contributed by atoms with Crippen molar-refractivity contribution in [3.63, 3.8) is 0 Å². The number of carbonyl (C=O) groups excluding carboxylic acids is 1. The van der Waals surface area contributed by atoms with Crippen LogP contribution >= 0.6 is 0 Å². The van der Waals surface area contributed by atoms with E-state index in [9.17, 15) is 43.9 Å². The van der Waals surface area contributed by atoms with E-state index in [1.807, 2.05) is 61.5 Å². The summed E-state index contributed by atoms with van der Waals surface area (Å²) in [6.45, 7) is -6.30. The Bertz CT molecular complexity index is 1390. The Hall–Kier alpha value is -3.66. The predicted molar refractivity (Wildman–Crippen MR) is 132 cm³/mol. The molecule has 0 aliphatic heterocycles. The number of rotatable bonds is 5. The summed E-state index contributed by atoms with van der Waals surface area (Å²) in [4.78, 5) is 14.3. The molecule has 0 aliphatic rings. The molecule has 1 unspecified atom stereocenters. The van der Waals surface area contributed by atoms with Crippen LogP contribution in [0.2, 0.25) is 0 Å². The van der Waals surface area contributed by atoms with E-state index in [0.717, 1.165) is 11.3 Å². The maximum Gasteiger partial charge on any atom is 0.515 e. The zero-order valence-corrected chi connectivity index (χ0v) is 21.0. The molecule has 3 nitrogen and oxygen atoms in total. The van der Waals surface area contributed by atoms with Gasteiger partial charge in [-0.2, -0.15) is 0 Å². The third-order valence-corrected chi connectivity index (χ3v) is 6.22. The lowest BCUT2D eigenvalue weighted by atomic mass is 9.79. The summed E-state index contributed by atoms with van der Waals surface area (Å²) >= 11 is 0. The molecule has 0 fully saturated rings. The lowest BCUT2D eigenvalue weighted by molar-refractivity contribution is 0.102. The molecule has 0 saturated carbocycles. The van der Waals surface area contributed by atoms with Gasteiger partial charge in [0.25, 0.3) is 0 Å². The summed E-state index contributed by atoms with van der Waals surface area (Å²) < 4.78 is 110. The molecule has 0 aromatic heterocycles. The summed E-state index contributed by atoms with van der Waals surface area (Å²) in [6.07, 6.45) is 1.54. The van der Waals surface area contributed by atoms with Crippen molar-refractivity contribution in [2.45, 2.75) is 0 Å². The number of ketones is 1. The monoisotopic (exact) mass is 561 g/mol. The summed E-state index contributed by atoms with van der Waals surface area (Å²) in [5.41, 5.74) is -0.356. The van der Waals surface area contributed by atoms with Crippen molar-refractivity contribution in [3.05, 3.63) is 94.8 Å². The van der Waals surface area contributed by atoms with Crippen LogP contribution in [0.3, 0.4) is 0 Å². The number of benzene rings is 3. The number of Topliss-reactive ketones (excluding diaryl/α,β-unsaturated/α-hetero) is 1. The molecule has 3 rings (SSSR count). The molecule has 0 bridgehead atoms. The lowest BCUT2D eigenvalue weighted by Gasteiger charge is -2.17. The molecule has 3 aromatic rings. The first kappa shape index (κ1) is 30.6. The van der Waals surface area contributed by atoms with Crippen molar-refractivity contribution in [2.24, 2.45) is 0 Å². The van der Waals surface area contributed by atoms with Crippen LogP contribution in [0.15, 0.2) is 54.6 Å². The van der Waals surface area contributed by atoms with Gasteiger partial charge in [0, 0.05) is 30.9 Å². The standard InChI is InChI=1S/C19H20NO2S.C6BF8/c1-20(2)18-11-9-17(10-12-18)19(21)15-23(3,22)14-13-16-7-5-4-6-8-16;8-2-1(7(13,14)15)3(9)5(11)6(12)4(2)10/h4-12H,15H2,1-3H3;/q+1;-1. The van der Waals surface area contributed by atoms with Crippen molar-refractivity contribution in [2.75, 3.05) is 31.0 Å². The quantitative estimate of drug-likeness (QED) is 0.0785. The van der Waals surface area contributed by atoms with Crippen molar-refractivity contribution < 1.29 is 43.9 Å². The van der Waals surface area contributed by atoms with Gasteiger partial charge in [-0.15, -0.1) is 0 Å². The van der Waals surface area contributed by atoms with Crippen LogP contribution in [-0.2, 0) is 14.1 Å². The molecule has 0 aliphatic carbocycles. The maximum atomic E-state index is 12.5. The number of nitrogens with zero attached hydrogens (tertiary/aromatic N) is 1. The van der Waals surface area contributed by atoms with E-state index in [-0.39, 0.29) is 11.5 Å². The van der Waals surface area contributed by atoms with Crippen LogP contribution in [0.5, 0.6) is 0 Å². The second kappa shape index (κ2) is 12.3. The Morgan fingerprint density at radius 3 is 1.74 bits per heavy atom. The highest BCUT2D eigenvalue weighted by molar-refractivity contribution is 8.07. The molecule has 0 radical (unpaired) electrons. The van der Waals surface area contributed by atoms with E-state index < -0.39 is 51.5 Å². The first-order valence-corrected chi connectivity index (χ1v) is 12.7. The first-order valence-electron chi connectivity index (χ1n) is 10.6. The highest BCUT2D eigenvalue weighted by Crippen LogP contribution is 2.21. The van der Waals surface area contributed by atoms with Crippen LogP contribution in [-0.4, -0.2) is 38.9 Å². The Kier molecular flexibility index (Phi) is 9.86. The second-order valence-corrected chi connectivity index (χ2v) is 10.7. The average Bonchev–Trinajstić information content (AvgIpc) is 2.85. The minimum atomic E-state index is -6.30. The molecule has 202 valence electrons. The number of halogens is 8. The van der Waals surface area contributed by atoms with Gasteiger partial charge in [-0.3, -0.25) is 4.79 Å². The average molecular weight is 561 g/mol. The third kappa shape index (κ3) is 7.92. The van der Waals surface area contributed by atoms with Gasteiger partial charge >= 0.3 is 6.98 Å². The molecule has 0 N–H and O–H groups in total. The van der Waals surface area contributed by atoms with Gasteiger partial charge in [-0.05, 0) is 47.8 Å². The molecule has 0 spiro atoms. The molecule has 38 heavy (non-hydrogen) atoms. The Labute approximate surface area is 214 Å². The van der Waals surface area contributed by atoms with Crippen molar-refractivity contribution in [3.8, 4) is 11.2 Å². The van der Waals surface area contributed by atoms with Gasteiger partial charge in [0.15, 0.2) is 38.4 Å². The van der Waals surface area contributed by atoms with Gasteiger partial charge in [-0.1, -0.05) is 22.4 Å². The fourth-order valence-electron chi connectivity index (χ4n) is 2.91.